The quantitative estimate of drug-likeness (QED) is 0.856. The third-order valence-electron chi connectivity index (χ3n) is 4.80. The largest absolute Gasteiger partial charge is 0.337 e. The van der Waals surface area contributed by atoms with E-state index in [4.69, 9.17) is 0 Å². The Balaban J connectivity index is 1.39. The Morgan fingerprint density at radius 2 is 2.12 bits per heavy atom. The van der Waals surface area contributed by atoms with Gasteiger partial charge >= 0.3 is 0 Å². The van der Waals surface area contributed by atoms with Gasteiger partial charge in [-0.1, -0.05) is 5.21 Å². The lowest BCUT2D eigenvalue weighted by atomic mass is 9.98. The van der Waals surface area contributed by atoms with Crippen LogP contribution in [0.5, 0.6) is 0 Å². The summed E-state index contributed by atoms with van der Waals surface area (Å²) in [7, 11) is 0. The first-order chi connectivity index (χ1) is 11.7. The van der Waals surface area contributed by atoms with Crippen LogP contribution in [0.2, 0.25) is 0 Å². The van der Waals surface area contributed by atoms with E-state index in [1.165, 1.54) is 12.8 Å². The topological polar surface area (TPSA) is 76.8 Å². The van der Waals surface area contributed by atoms with Crippen LogP contribution < -0.4 is 0 Å². The van der Waals surface area contributed by atoms with E-state index >= 15 is 0 Å². The van der Waals surface area contributed by atoms with Crippen molar-refractivity contribution in [1.29, 1.82) is 0 Å². The van der Waals surface area contributed by atoms with E-state index < -0.39 is 0 Å². The number of hydrogen-bond acceptors (Lipinski definition) is 5. The van der Waals surface area contributed by atoms with Crippen LogP contribution in [0.1, 0.15) is 53.5 Å². The van der Waals surface area contributed by atoms with Crippen LogP contribution in [0.3, 0.4) is 0 Å². The third kappa shape index (κ3) is 3.29. The first-order valence-electron chi connectivity index (χ1n) is 8.67. The Labute approximate surface area is 141 Å². The molecule has 1 aliphatic heterocycles. The second-order valence-corrected chi connectivity index (χ2v) is 6.94. The number of amides is 1. The summed E-state index contributed by atoms with van der Waals surface area (Å²) >= 11 is 0. The average molecular weight is 326 g/mol. The number of carbonyl (C=O) groups excluding carboxylic acids is 1. The highest BCUT2D eigenvalue weighted by Gasteiger charge is 2.28. The second kappa shape index (κ2) is 6.30. The molecular weight excluding hydrogens is 304 g/mol. The molecular formula is C17H22N6O. The highest BCUT2D eigenvalue weighted by Crippen LogP contribution is 2.38. The molecule has 0 radical (unpaired) electrons. The van der Waals surface area contributed by atoms with E-state index in [2.05, 4.69) is 26.5 Å². The van der Waals surface area contributed by atoms with Crippen LogP contribution in [-0.2, 0) is 6.54 Å². The van der Waals surface area contributed by atoms with E-state index in [0.29, 0.717) is 17.5 Å². The van der Waals surface area contributed by atoms with Gasteiger partial charge in [-0.05, 0) is 38.5 Å². The molecule has 3 heterocycles. The number of aromatic nitrogens is 5. The molecule has 0 spiro atoms. The van der Waals surface area contributed by atoms with Gasteiger partial charge in [-0.3, -0.25) is 14.5 Å². The number of carbonyl (C=O) groups is 1. The van der Waals surface area contributed by atoms with Gasteiger partial charge in [0.2, 0.25) is 0 Å². The lowest BCUT2D eigenvalue weighted by molar-refractivity contribution is 0.0653. The summed E-state index contributed by atoms with van der Waals surface area (Å²) in [6.45, 7) is 4.22. The van der Waals surface area contributed by atoms with Gasteiger partial charge < -0.3 is 4.90 Å². The van der Waals surface area contributed by atoms with Gasteiger partial charge in [0.25, 0.3) is 5.91 Å². The lowest BCUT2D eigenvalue weighted by Gasteiger charge is -2.32. The first kappa shape index (κ1) is 15.2. The summed E-state index contributed by atoms with van der Waals surface area (Å²) in [6.07, 6.45) is 9.89. The molecule has 0 aromatic carbocycles. The minimum Gasteiger partial charge on any atom is -0.337 e. The van der Waals surface area contributed by atoms with E-state index in [0.717, 1.165) is 43.9 Å². The van der Waals surface area contributed by atoms with E-state index in [1.807, 2.05) is 16.5 Å². The zero-order chi connectivity index (χ0) is 16.5. The van der Waals surface area contributed by atoms with Crippen LogP contribution in [-0.4, -0.2) is 48.9 Å². The van der Waals surface area contributed by atoms with Crippen molar-refractivity contribution >= 4 is 5.91 Å². The molecule has 1 saturated carbocycles. The maximum Gasteiger partial charge on any atom is 0.274 e. The lowest BCUT2D eigenvalue weighted by Crippen LogP contribution is -2.41. The molecule has 0 N–H and O–H groups in total. The SMILES string of the molecule is Cc1cnc(C(=O)N2CCC[C@@H](Cn3cc(C4CC4)nn3)C2)cn1. The van der Waals surface area contributed by atoms with Crippen molar-refractivity contribution in [2.24, 2.45) is 5.92 Å². The van der Waals surface area contributed by atoms with Crippen LogP contribution in [0, 0.1) is 12.8 Å². The van der Waals surface area contributed by atoms with Crippen molar-refractivity contribution in [3.05, 3.63) is 35.7 Å². The van der Waals surface area contributed by atoms with Crippen molar-refractivity contribution < 1.29 is 4.79 Å². The molecule has 126 valence electrons. The van der Waals surface area contributed by atoms with Crippen molar-refractivity contribution in [3.8, 4) is 0 Å². The van der Waals surface area contributed by atoms with Crippen LogP contribution in [0.15, 0.2) is 18.6 Å². The molecule has 1 saturated heterocycles. The third-order valence-corrected chi connectivity index (χ3v) is 4.80. The minimum absolute atomic E-state index is 0.0236. The Morgan fingerprint density at radius 3 is 2.88 bits per heavy atom. The van der Waals surface area contributed by atoms with E-state index in [9.17, 15) is 4.79 Å². The molecule has 1 atom stereocenters. The highest BCUT2D eigenvalue weighted by atomic mass is 16.2. The van der Waals surface area contributed by atoms with Gasteiger partial charge in [-0.25, -0.2) is 4.98 Å². The number of rotatable bonds is 4. The summed E-state index contributed by atoms with van der Waals surface area (Å²) in [5, 5.41) is 8.52. The van der Waals surface area contributed by atoms with Gasteiger partial charge in [0.1, 0.15) is 5.69 Å². The summed E-state index contributed by atoms with van der Waals surface area (Å²) in [5.74, 6) is 1.02. The fourth-order valence-corrected chi connectivity index (χ4v) is 3.30. The number of likely N-dealkylation sites (tertiary alicyclic amines) is 1. The summed E-state index contributed by atoms with van der Waals surface area (Å²) < 4.78 is 1.94. The van der Waals surface area contributed by atoms with Crippen molar-refractivity contribution in [2.75, 3.05) is 13.1 Å². The molecule has 7 heteroatoms. The van der Waals surface area contributed by atoms with Crippen LogP contribution >= 0.6 is 0 Å². The maximum atomic E-state index is 12.6. The number of aryl methyl sites for hydroxylation is 1. The zero-order valence-corrected chi connectivity index (χ0v) is 13.9. The van der Waals surface area contributed by atoms with Crippen LogP contribution in [0.25, 0.3) is 0 Å². The van der Waals surface area contributed by atoms with Gasteiger partial charge in [-0.2, -0.15) is 0 Å². The maximum absolute atomic E-state index is 12.6. The summed E-state index contributed by atoms with van der Waals surface area (Å²) in [4.78, 5) is 22.9. The summed E-state index contributed by atoms with van der Waals surface area (Å²) in [6, 6.07) is 0. The van der Waals surface area contributed by atoms with Gasteiger partial charge in [0.15, 0.2) is 0 Å². The minimum atomic E-state index is -0.0236. The van der Waals surface area contributed by atoms with Crippen molar-refractivity contribution in [3.63, 3.8) is 0 Å². The molecule has 1 amide bonds. The molecule has 2 aromatic rings. The fourth-order valence-electron chi connectivity index (χ4n) is 3.30. The predicted molar refractivity (Wildman–Crippen MR) is 87.4 cm³/mol. The predicted octanol–water partition coefficient (Wildman–Crippen LogP) is 1.81. The first-order valence-corrected chi connectivity index (χ1v) is 8.67. The normalized spacial score (nSPS) is 21.0. The Bertz CT molecular complexity index is 721. The molecule has 4 rings (SSSR count). The Kier molecular flexibility index (Phi) is 4.00. The van der Waals surface area contributed by atoms with Gasteiger partial charge in [0.05, 0.1) is 17.6 Å². The zero-order valence-electron chi connectivity index (χ0n) is 13.9. The molecule has 0 bridgehead atoms. The Morgan fingerprint density at radius 1 is 1.25 bits per heavy atom. The van der Waals surface area contributed by atoms with E-state index in [1.54, 1.807) is 12.4 Å². The molecule has 1 aliphatic carbocycles. The average Bonchev–Trinajstić information content (AvgIpc) is 3.35. The molecule has 24 heavy (non-hydrogen) atoms. The fraction of sp³-hybridized carbons (Fsp3) is 0.588. The highest BCUT2D eigenvalue weighted by molar-refractivity contribution is 5.92. The monoisotopic (exact) mass is 326 g/mol. The van der Waals surface area contributed by atoms with Crippen molar-refractivity contribution in [2.45, 2.75) is 45.1 Å². The van der Waals surface area contributed by atoms with Crippen molar-refractivity contribution in [1.82, 2.24) is 29.9 Å². The standard InChI is InChI=1S/C17H22N6O/c1-12-7-19-15(8-18-12)17(24)22-6-2-3-13(9-22)10-23-11-16(20-21-23)14-4-5-14/h7-8,11,13-14H,2-6,9-10H2,1H3/t13-/m1/s1. The second-order valence-electron chi connectivity index (χ2n) is 6.94. The van der Waals surface area contributed by atoms with E-state index in [-0.39, 0.29) is 5.91 Å². The Hall–Kier alpha value is -2.31. The molecule has 0 unspecified atom stereocenters. The number of piperidine rings is 1. The number of hydrogen-bond donors (Lipinski definition) is 0. The molecule has 2 fully saturated rings. The molecule has 7 nitrogen and oxygen atoms in total. The van der Waals surface area contributed by atoms with Gasteiger partial charge in [0, 0.05) is 37.9 Å². The smallest absolute Gasteiger partial charge is 0.274 e. The van der Waals surface area contributed by atoms with Gasteiger partial charge in [-0.15, -0.1) is 5.10 Å². The molecule has 2 aromatic heterocycles. The molecule has 2 aliphatic rings. The summed E-state index contributed by atoms with van der Waals surface area (Å²) in [5.41, 5.74) is 2.37. The van der Waals surface area contributed by atoms with Crippen LogP contribution in [0.4, 0.5) is 0 Å². The number of nitrogens with zero attached hydrogens (tertiary/aromatic N) is 6.